The number of aliphatic hydroxyl groups is 1. The molecule has 3 N–H and O–H groups in total. The first kappa shape index (κ1) is 25.8. The Balaban J connectivity index is 1.49. The molecule has 1 aromatic carbocycles. The highest BCUT2D eigenvalue weighted by atomic mass is 16.5. The molecule has 194 valence electrons. The third-order valence-electron chi connectivity index (χ3n) is 6.94. The van der Waals surface area contributed by atoms with Gasteiger partial charge in [0.25, 0.3) is 5.91 Å². The van der Waals surface area contributed by atoms with Gasteiger partial charge in [0.2, 0.25) is 5.91 Å². The quantitative estimate of drug-likeness (QED) is 0.375. The van der Waals surface area contributed by atoms with Gasteiger partial charge in [-0.05, 0) is 44.0 Å². The van der Waals surface area contributed by atoms with E-state index in [1.807, 2.05) is 12.1 Å². The summed E-state index contributed by atoms with van der Waals surface area (Å²) in [6.45, 7) is 7.24. The molecule has 3 aliphatic rings. The van der Waals surface area contributed by atoms with Gasteiger partial charge in [-0.2, -0.15) is 0 Å². The van der Waals surface area contributed by atoms with Crippen LogP contribution in [0.15, 0.2) is 12.1 Å². The minimum Gasteiger partial charge on any atom is -0.491 e. The number of methoxy groups -OCH3 is 1. The summed E-state index contributed by atoms with van der Waals surface area (Å²) in [5.41, 5.74) is 2.53. The van der Waals surface area contributed by atoms with Gasteiger partial charge in [0.15, 0.2) is 0 Å². The van der Waals surface area contributed by atoms with Crippen LogP contribution in [-0.4, -0.2) is 105 Å². The van der Waals surface area contributed by atoms with E-state index in [9.17, 15) is 14.7 Å². The average Bonchev–Trinajstić information content (AvgIpc) is 3.00. The van der Waals surface area contributed by atoms with Crippen LogP contribution in [-0.2, 0) is 27.2 Å². The van der Waals surface area contributed by atoms with Crippen molar-refractivity contribution in [2.45, 2.75) is 44.5 Å². The fraction of sp³-hybridized carbons (Fsp3) is 0.680. The fourth-order valence-corrected chi connectivity index (χ4v) is 5.02. The maximum atomic E-state index is 13.3. The zero-order chi connectivity index (χ0) is 24.6. The van der Waals surface area contributed by atoms with Crippen LogP contribution < -0.4 is 15.4 Å². The van der Waals surface area contributed by atoms with Crippen LogP contribution in [0.25, 0.3) is 0 Å². The van der Waals surface area contributed by atoms with Crippen molar-refractivity contribution in [3.63, 3.8) is 0 Å². The summed E-state index contributed by atoms with van der Waals surface area (Å²) in [4.78, 5) is 29.0. The lowest BCUT2D eigenvalue weighted by atomic mass is 10.0. The number of carbonyl (C=O) groups is 2. The first-order valence-corrected chi connectivity index (χ1v) is 12.6. The second-order valence-electron chi connectivity index (χ2n) is 9.28. The molecule has 35 heavy (non-hydrogen) atoms. The predicted molar refractivity (Wildman–Crippen MR) is 129 cm³/mol. The topological polar surface area (TPSA) is 113 Å². The second-order valence-corrected chi connectivity index (χ2v) is 9.28. The molecule has 2 atom stereocenters. The van der Waals surface area contributed by atoms with Crippen molar-refractivity contribution in [1.82, 2.24) is 20.4 Å². The molecule has 10 heteroatoms. The summed E-state index contributed by atoms with van der Waals surface area (Å²) >= 11 is 0. The van der Waals surface area contributed by atoms with Crippen molar-refractivity contribution in [1.29, 1.82) is 0 Å². The summed E-state index contributed by atoms with van der Waals surface area (Å²) in [6, 6.07) is 3.43. The van der Waals surface area contributed by atoms with Crippen LogP contribution in [0.4, 0.5) is 0 Å². The molecule has 0 aliphatic carbocycles. The van der Waals surface area contributed by atoms with Crippen LogP contribution in [0.1, 0.15) is 40.7 Å². The average molecular weight is 491 g/mol. The minimum absolute atomic E-state index is 0.133. The molecule has 1 unspecified atom stereocenters. The maximum absolute atomic E-state index is 13.3. The van der Waals surface area contributed by atoms with Crippen LogP contribution in [0.5, 0.6) is 5.75 Å². The molecule has 3 aliphatic heterocycles. The van der Waals surface area contributed by atoms with E-state index < -0.39 is 12.3 Å². The first-order valence-electron chi connectivity index (χ1n) is 12.6. The van der Waals surface area contributed by atoms with Gasteiger partial charge in [0.1, 0.15) is 18.6 Å². The third-order valence-corrected chi connectivity index (χ3v) is 6.94. The van der Waals surface area contributed by atoms with E-state index in [2.05, 4.69) is 15.5 Å². The van der Waals surface area contributed by atoms with E-state index in [0.29, 0.717) is 51.4 Å². The van der Waals surface area contributed by atoms with Gasteiger partial charge in [-0.15, -0.1) is 0 Å². The Labute approximate surface area is 206 Å². The van der Waals surface area contributed by atoms with Crippen LogP contribution in [0.2, 0.25) is 0 Å². The molecule has 2 saturated heterocycles. The molecule has 0 spiro atoms. The van der Waals surface area contributed by atoms with E-state index in [1.165, 1.54) is 0 Å². The molecule has 2 amide bonds. The molecule has 4 rings (SSSR count). The Morgan fingerprint density at radius 2 is 1.97 bits per heavy atom. The Kier molecular flexibility index (Phi) is 9.33. The fourth-order valence-electron chi connectivity index (χ4n) is 5.02. The zero-order valence-corrected chi connectivity index (χ0v) is 20.6. The first-order chi connectivity index (χ1) is 17.1. The summed E-state index contributed by atoms with van der Waals surface area (Å²) < 4.78 is 16.8. The van der Waals surface area contributed by atoms with Crippen molar-refractivity contribution >= 4 is 11.8 Å². The molecule has 2 fully saturated rings. The van der Waals surface area contributed by atoms with Crippen molar-refractivity contribution in [3.05, 3.63) is 28.8 Å². The number of benzene rings is 1. The van der Waals surface area contributed by atoms with Gasteiger partial charge in [-0.3, -0.25) is 9.59 Å². The zero-order valence-electron chi connectivity index (χ0n) is 20.6. The van der Waals surface area contributed by atoms with E-state index in [-0.39, 0.29) is 11.8 Å². The van der Waals surface area contributed by atoms with E-state index >= 15 is 0 Å². The lowest BCUT2D eigenvalue weighted by Gasteiger charge is -2.35. The lowest BCUT2D eigenvalue weighted by Crippen LogP contribution is -2.55. The van der Waals surface area contributed by atoms with Crippen LogP contribution in [0.3, 0.4) is 0 Å². The SMILES string of the molecule is COCCOCCOc1c(CCN2CCCNCC2)ccc2c1CN([C@H]1CCC(=O)NC1O)C2=O. The van der Waals surface area contributed by atoms with Gasteiger partial charge in [0, 0.05) is 44.3 Å². The minimum atomic E-state index is -1.07. The maximum Gasteiger partial charge on any atom is 0.255 e. The number of rotatable bonds is 11. The third kappa shape index (κ3) is 6.50. The Morgan fingerprint density at radius 1 is 1.11 bits per heavy atom. The monoisotopic (exact) mass is 490 g/mol. The molecule has 1 aromatic rings. The molecular weight excluding hydrogens is 452 g/mol. The number of amides is 2. The number of nitrogens with zero attached hydrogens (tertiary/aromatic N) is 2. The smallest absolute Gasteiger partial charge is 0.255 e. The van der Waals surface area contributed by atoms with Crippen LogP contribution >= 0.6 is 0 Å². The van der Waals surface area contributed by atoms with Crippen molar-refractivity contribution < 1.29 is 28.9 Å². The summed E-state index contributed by atoms with van der Waals surface area (Å²) in [5.74, 6) is 0.420. The Morgan fingerprint density at radius 3 is 2.80 bits per heavy atom. The number of fused-ring (bicyclic) bond motifs is 1. The standard InChI is InChI=1S/C25H38N4O6/c1-33-13-14-34-15-16-35-23-18(7-11-28-10-2-8-26-9-12-28)3-4-19-20(23)17-29(25(19)32)21-5-6-22(30)27-24(21)31/h3-4,21,24,26,31H,2,5-17H2,1H3,(H,27,30)/t21-,24?/m0/s1. The Bertz CT molecular complexity index is 874. The van der Waals surface area contributed by atoms with Gasteiger partial charge in [0.05, 0.1) is 32.4 Å². The summed E-state index contributed by atoms with van der Waals surface area (Å²) in [6.07, 6.45) is 1.62. The number of hydrogen-bond acceptors (Lipinski definition) is 8. The number of nitrogens with one attached hydrogen (secondary N) is 2. The molecule has 0 bridgehead atoms. The highest BCUT2D eigenvalue weighted by Gasteiger charge is 2.40. The molecule has 0 saturated carbocycles. The molecule has 10 nitrogen and oxygen atoms in total. The number of ether oxygens (including phenoxy) is 3. The molecular formula is C25H38N4O6. The van der Waals surface area contributed by atoms with Crippen molar-refractivity contribution in [3.8, 4) is 5.75 Å². The number of piperidine rings is 1. The number of hydrogen-bond donors (Lipinski definition) is 3. The van der Waals surface area contributed by atoms with Gasteiger partial charge in [-0.1, -0.05) is 6.07 Å². The van der Waals surface area contributed by atoms with Crippen LogP contribution in [0, 0.1) is 0 Å². The summed E-state index contributed by atoms with van der Waals surface area (Å²) in [7, 11) is 1.64. The van der Waals surface area contributed by atoms with Crippen molar-refractivity contribution in [2.75, 3.05) is 66.3 Å². The second kappa shape index (κ2) is 12.6. The number of aliphatic hydroxyl groups excluding tert-OH is 1. The highest BCUT2D eigenvalue weighted by molar-refractivity contribution is 5.99. The van der Waals surface area contributed by atoms with E-state index in [0.717, 1.165) is 62.4 Å². The van der Waals surface area contributed by atoms with E-state index in [4.69, 9.17) is 14.2 Å². The number of carbonyl (C=O) groups excluding carboxylic acids is 2. The summed E-state index contributed by atoms with van der Waals surface area (Å²) in [5, 5.41) is 16.4. The van der Waals surface area contributed by atoms with Gasteiger partial charge >= 0.3 is 0 Å². The van der Waals surface area contributed by atoms with E-state index in [1.54, 1.807) is 12.0 Å². The lowest BCUT2D eigenvalue weighted by molar-refractivity contribution is -0.129. The van der Waals surface area contributed by atoms with Gasteiger partial charge < -0.3 is 39.8 Å². The molecule has 3 heterocycles. The van der Waals surface area contributed by atoms with Gasteiger partial charge in [-0.25, -0.2) is 0 Å². The predicted octanol–water partition coefficient (Wildman–Crippen LogP) is 0.119. The normalized spacial score (nSPS) is 23.2. The largest absolute Gasteiger partial charge is 0.491 e. The molecule has 0 aromatic heterocycles. The molecule has 0 radical (unpaired) electrons. The Hall–Kier alpha value is -2.24. The highest BCUT2D eigenvalue weighted by Crippen LogP contribution is 2.37. The van der Waals surface area contributed by atoms with Crippen molar-refractivity contribution in [2.24, 2.45) is 0 Å².